The summed E-state index contributed by atoms with van der Waals surface area (Å²) in [6.45, 7) is 4.26. The lowest BCUT2D eigenvalue weighted by atomic mass is 10.1. The molecule has 27 heavy (non-hydrogen) atoms. The number of alkyl carbamates (subject to hydrolysis) is 1. The Balaban J connectivity index is 1.99. The maximum Gasteiger partial charge on any atom is 0.422 e. The molecule has 146 valence electrons. The van der Waals surface area contributed by atoms with E-state index in [9.17, 15) is 18.0 Å². The number of carbonyl (C=O) groups is 1. The van der Waals surface area contributed by atoms with Crippen molar-refractivity contribution in [2.24, 2.45) is 0 Å². The Morgan fingerprint density at radius 1 is 1.11 bits per heavy atom. The first-order valence-corrected chi connectivity index (χ1v) is 8.24. The van der Waals surface area contributed by atoms with Gasteiger partial charge >= 0.3 is 12.3 Å². The van der Waals surface area contributed by atoms with E-state index in [1.54, 1.807) is 51.2 Å². The fourth-order valence-electron chi connectivity index (χ4n) is 2.12. The minimum absolute atomic E-state index is 0.124. The van der Waals surface area contributed by atoms with Crippen molar-refractivity contribution in [1.82, 2.24) is 10.3 Å². The molecule has 1 N–H and O–H groups in total. The number of ether oxygens (including phenoxy) is 2. The van der Waals surface area contributed by atoms with Crippen LogP contribution in [0.2, 0.25) is 0 Å². The molecule has 0 saturated carbocycles. The van der Waals surface area contributed by atoms with Crippen molar-refractivity contribution >= 4 is 6.09 Å². The molecule has 0 aliphatic carbocycles. The molecule has 1 aromatic carbocycles. The number of alkyl halides is 3. The van der Waals surface area contributed by atoms with Crippen LogP contribution < -0.4 is 10.1 Å². The average Bonchev–Trinajstić information content (AvgIpc) is 2.57. The van der Waals surface area contributed by atoms with Gasteiger partial charge in [0.15, 0.2) is 6.61 Å². The van der Waals surface area contributed by atoms with Crippen molar-refractivity contribution in [3.05, 3.63) is 48.2 Å². The number of nitrogens with one attached hydrogen (secondary N) is 1. The number of amides is 1. The van der Waals surface area contributed by atoms with Gasteiger partial charge in [0.2, 0.25) is 0 Å². The highest BCUT2D eigenvalue weighted by Crippen LogP contribution is 2.23. The van der Waals surface area contributed by atoms with Crippen LogP contribution in [0, 0.1) is 0 Å². The zero-order valence-electron chi connectivity index (χ0n) is 15.3. The molecule has 0 saturated heterocycles. The smallest absolute Gasteiger partial charge is 0.422 e. The van der Waals surface area contributed by atoms with E-state index in [0.717, 1.165) is 5.56 Å². The fraction of sp³-hybridized carbons (Fsp3) is 0.368. The average molecular weight is 382 g/mol. The van der Waals surface area contributed by atoms with Crippen molar-refractivity contribution in [3.63, 3.8) is 0 Å². The van der Waals surface area contributed by atoms with Gasteiger partial charge in [-0.3, -0.25) is 4.98 Å². The van der Waals surface area contributed by atoms with Gasteiger partial charge in [-0.15, -0.1) is 0 Å². The fourth-order valence-corrected chi connectivity index (χ4v) is 2.12. The molecule has 0 spiro atoms. The molecule has 2 rings (SSSR count). The lowest BCUT2D eigenvalue weighted by molar-refractivity contribution is -0.153. The molecule has 1 amide bonds. The van der Waals surface area contributed by atoms with Gasteiger partial charge in [0.05, 0.1) is 5.69 Å². The second-order valence-electron chi connectivity index (χ2n) is 6.83. The molecule has 0 aliphatic heterocycles. The topological polar surface area (TPSA) is 60.5 Å². The van der Waals surface area contributed by atoms with E-state index < -0.39 is 24.5 Å². The number of pyridine rings is 1. The van der Waals surface area contributed by atoms with Gasteiger partial charge in [-0.1, -0.05) is 0 Å². The number of hydrogen-bond acceptors (Lipinski definition) is 4. The summed E-state index contributed by atoms with van der Waals surface area (Å²) in [7, 11) is 0. The number of nitrogens with zero attached hydrogens (tertiary/aromatic N) is 1. The molecule has 8 heteroatoms. The number of halogens is 3. The van der Waals surface area contributed by atoms with Crippen molar-refractivity contribution < 1.29 is 27.4 Å². The minimum Gasteiger partial charge on any atom is -0.484 e. The summed E-state index contributed by atoms with van der Waals surface area (Å²) in [6, 6.07) is 9.69. The molecule has 0 aliphatic rings. The largest absolute Gasteiger partial charge is 0.484 e. The van der Waals surface area contributed by atoms with Gasteiger partial charge in [-0.2, -0.15) is 13.2 Å². The molecule has 2 aromatic rings. The van der Waals surface area contributed by atoms with E-state index >= 15 is 0 Å². The second kappa shape index (κ2) is 8.28. The van der Waals surface area contributed by atoms with Crippen LogP contribution in [0.15, 0.2) is 42.6 Å². The third kappa shape index (κ3) is 7.55. The van der Waals surface area contributed by atoms with Crippen LogP contribution in [0.4, 0.5) is 18.0 Å². The number of benzene rings is 1. The summed E-state index contributed by atoms with van der Waals surface area (Å²) < 4.78 is 46.4. The number of hydrogen-bond donors (Lipinski definition) is 1. The van der Waals surface area contributed by atoms with Crippen LogP contribution in [0.5, 0.6) is 5.75 Å². The summed E-state index contributed by atoms with van der Waals surface area (Å²) in [5.41, 5.74) is 1.57. The van der Waals surface area contributed by atoms with Gasteiger partial charge in [0, 0.05) is 18.3 Å². The SMILES string of the molecule is CC(C)(C)OC(=O)NCc1ccnc(-c2ccc(OCC(F)(F)F)cc2)c1. The zero-order valence-corrected chi connectivity index (χ0v) is 15.3. The first-order valence-electron chi connectivity index (χ1n) is 8.24. The van der Waals surface area contributed by atoms with E-state index in [2.05, 4.69) is 15.0 Å². The number of aromatic nitrogens is 1. The lowest BCUT2D eigenvalue weighted by Gasteiger charge is -2.19. The highest BCUT2D eigenvalue weighted by Gasteiger charge is 2.28. The summed E-state index contributed by atoms with van der Waals surface area (Å²) in [5, 5.41) is 2.66. The quantitative estimate of drug-likeness (QED) is 0.813. The Hall–Kier alpha value is -2.77. The van der Waals surface area contributed by atoms with Crippen LogP contribution in [0.3, 0.4) is 0 Å². The van der Waals surface area contributed by atoms with Gasteiger partial charge in [0.1, 0.15) is 11.4 Å². The molecule has 1 aromatic heterocycles. The summed E-state index contributed by atoms with van der Waals surface area (Å²) >= 11 is 0. The first-order chi connectivity index (χ1) is 12.5. The molecular weight excluding hydrogens is 361 g/mol. The van der Waals surface area contributed by atoms with Gasteiger partial charge in [-0.05, 0) is 62.7 Å². The molecule has 0 atom stereocenters. The predicted molar refractivity (Wildman–Crippen MR) is 94.3 cm³/mol. The number of carbonyl (C=O) groups excluding carboxylic acids is 1. The molecule has 0 radical (unpaired) electrons. The van der Waals surface area contributed by atoms with E-state index in [1.165, 1.54) is 12.1 Å². The van der Waals surface area contributed by atoms with Gasteiger partial charge < -0.3 is 14.8 Å². The monoisotopic (exact) mass is 382 g/mol. The van der Waals surface area contributed by atoms with Crippen LogP contribution in [-0.4, -0.2) is 29.5 Å². The van der Waals surface area contributed by atoms with Gasteiger partial charge in [0.25, 0.3) is 0 Å². The van der Waals surface area contributed by atoms with Crippen molar-refractivity contribution in [3.8, 4) is 17.0 Å². The highest BCUT2D eigenvalue weighted by molar-refractivity contribution is 5.68. The first kappa shape index (κ1) is 20.5. The third-order valence-electron chi connectivity index (χ3n) is 3.21. The van der Waals surface area contributed by atoms with E-state index in [0.29, 0.717) is 11.3 Å². The van der Waals surface area contributed by atoms with E-state index in [4.69, 9.17) is 4.74 Å². The maximum absolute atomic E-state index is 12.2. The van der Waals surface area contributed by atoms with E-state index in [-0.39, 0.29) is 12.3 Å². The Bertz CT molecular complexity index is 769. The van der Waals surface area contributed by atoms with Crippen molar-refractivity contribution in [2.75, 3.05) is 6.61 Å². The standard InChI is InChI=1S/C19H21F3N2O3/c1-18(2,3)27-17(25)24-11-13-8-9-23-16(10-13)14-4-6-15(7-5-14)26-12-19(20,21)22/h4-10H,11-12H2,1-3H3,(H,24,25). The molecule has 1 heterocycles. The second-order valence-corrected chi connectivity index (χ2v) is 6.83. The van der Waals surface area contributed by atoms with E-state index in [1.807, 2.05) is 0 Å². The Labute approximate surface area is 155 Å². The predicted octanol–water partition coefficient (Wildman–Crippen LogP) is 4.71. The lowest BCUT2D eigenvalue weighted by Crippen LogP contribution is -2.32. The molecule has 0 unspecified atom stereocenters. The van der Waals surface area contributed by atoms with Crippen molar-refractivity contribution in [2.45, 2.75) is 39.1 Å². The number of rotatable bonds is 5. The van der Waals surface area contributed by atoms with Crippen molar-refractivity contribution in [1.29, 1.82) is 0 Å². The summed E-state index contributed by atoms with van der Waals surface area (Å²) in [4.78, 5) is 16.0. The van der Waals surface area contributed by atoms with Crippen LogP contribution in [-0.2, 0) is 11.3 Å². The Morgan fingerprint density at radius 2 is 1.78 bits per heavy atom. The normalized spacial score (nSPS) is 11.8. The summed E-state index contributed by atoms with van der Waals surface area (Å²) in [6.07, 6.45) is -3.31. The third-order valence-corrected chi connectivity index (χ3v) is 3.21. The van der Waals surface area contributed by atoms with Crippen LogP contribution in [0.1, 0.15) is 26.3 Å². The Kier molecular flexibility index (Phi) is 6.30. The molecule has 0 fully saturated rings. The van der Waals surface area contributed by atoms with Crippen LogP contribution >= 0.6 is 0 Å². The molecule has 0 bridgehead atoms. The highest BCUT2D eigenvalue weighted by atomic mass is 19.4. The van der Waals surface area contributed by atoms with Gasteiger partial charge in [-0.25, -0.2) is 4.79 Å². The summed E-state index contributed by atoms with van der Waals surface area (Å²) in [5.74, 6) is 0.124. The minimum atomic E-state index is -4.38. The Morgan fingerprint density at radius 3 is 2.37 bits per heavy atom. The molecule has 5 nitrogen and oxygen atoms in total. The maximum atomic E-state index is 12.2. The molecular formula is C19H21F3N2O3. The van der Waals surface area contributed by atoms with Crippen LogP contribution in [0.25, 0.3) is 11.3 Å². The zero-order chi connectivity index (χ0) is 20.1.